The molecule has 1 unspecified atom stereocenters. The van der Waals surface area contributed by atoms with Gasteiger partial charge >= 0.3 is 0 Å². The fourth-order valence-electron chi connectivity index (χ4n) is 4.10. The summed E-state index contributed by atoms with van der Waals surface area (Å²) < 4.78 is 0. The maximum Gasteiger partial charge on any atom is 0.243 e. The molecule has 3 rings (SSSR count). The number of amides is 2. The van der Waals surface area contributed by atoms with Crippen LogP contribution in [0.2, 0.25) is 0 Å². The molecule has 0 aliphatic heterocycles. The van der Waals surface area contributed by atoms with Crippen molar-refractivity contribution in [3.63, 3.8) is 0 Å². The molecular formula is C30H36N2O2. The molecule has 0 bridgehead atoms. The minimum atomic E-state index is -0.608. The minimum absolute atomic E-state index is 0.0130. The van der Waals surface area contributed by atoms with Crippen molar-refractivity contribution in [2.75, 3.05) is 0 Å². The first kappa shape index (κ1) is 25.2. The highest BCUT2D eigenvalue weighted by Gasteiger charge is 2.31. The first-order valence-corrected chi connectivity index (χ1v) is 12.0. The molecule has 1 atom stereocenters. The van der Waals surface area contributed by atoms with E-state index in [-0.39, 0.29) is 24.3 Å². The van der Waals surface area contributed by atoms with Crippen molar-refractivity contribution in [1.29, 1.82) is 0 Å². The smallest absolute Gasteiger partial charge is 0.243 e. The van der Waals surface area contributed by atoms with Gasteiger partial charge in [0, 0.05) is 19.0 Å². The van der Waals surface area contributed by atoms with Gasteiger partial charge in [-0.2, -0.15) is 0 Å². The molecule has 1 N–H and O–H groups in total. The van der Waals surface area contributed by atoms with Crippen LogP contribution in [0.1, 0.15) is 47.2 Å². The number of aryl methyl sites for hydroxylation is 3. The van der Waals surface area contributed by atoms with Crippen LogP contribution < -0.4 is 5.32 Å². The summed E-state index contributed by atoms with van der Waals surface area (Å²) in [6.07, 6.45) is 0.719. The number of rotatable bonds is 9. The maximum absolute atomic E-state index is 13.8. The molecule has 3 aromatic carbocycles. The van der Waals surface area contributed by atoms with Crippen LogP contribution in [0.25, 0.3) is 0 Å². The lowest BCUT2D eigenvalue weighted by Crippen LogP contribution is -2.52. The molecule has 34 heavy (non-hydrogen) atoms. The number of hydrogen-bond acceptors (Lipinski definition) is 2. The Balaban J connectivity index is 1.99. The van der Waals surface area contributed by atoms with E-state index >= 15 is 0 Å². The highest BCUT2D eigenvalue weighted by molar-refractivity contribution is 5.89. The van der Waals surface area contributed by atoms with E-state index in [0.29, 0.717) is 13.0 Å². The summed E-state index contributed by atoms with van der Waals surface area (Å²) in [5.41, 5.74) is 6.51. The molecule has 0 saturated carbocycles. The second-order valence-corrected chi connectivity index (χ2v) is 9.41. The largest absolute Gasteiger partial charge is 0.352 e. The summed E-state index contributed by atoms with van der Waals surface area (Å²) in [7, 11) is 0. The third-order valence-corrected chi connectivity index (χ3v) is 6.23. The number of nitrogens with one attached hydrogen (secondary N) is 1. The molecular weight excluding hydrogens is 420 g/mol. The highest BCUT2D eigenvalue weighted by atomic mass is 16.2. The van der Waals surface area contributed by atoms with Crippen molar-refractivity contribution < 1.29 is 9.59 Å². The number of carbonyl (C=O) groups is 2. The Morgan fingerprint density at radius 3 is 2.12 bits per heavy atom. The molecule has 0 aliphatic rings. The van der Waals surface area contributed by atoms with E-state index in [1.165, 1.54) is 5.56 Å². The van der Waals surface area contributed by atoms with Gasteiger partial charge in [0.05, 0.1) is 6.42 Å². The lowest BCUT2D eigenvalue weighted by atomic mass is 9.99. The molecule has 0 fully saturated rings. The van der Waals surface area contributed by atoms with Gasteiger partial charge in [0.1, 0.15) is 6.04 Å². The zero-order chi connectivity index (χ0) is 24.7. The van der Waals surface area contributed by atoms with Crippen LogP contribution in [0.4, 0.5) is 0 Å². The van der Waals surface area contributed by atoms with Crippen LogP contribution in [0.3, 0.4) is 0 Å². The molecule has 0 saturated heterocycles. The van der Waals surface area contributed by atoms with Gasteiger partial charge in [-0.1, -0.05) is 72.8 Å². The lowest BCUT2D eigenvalue weighted by Gasteiger charge is -2.32. The Kier molecular flexibility index (Phi) is 8.64. The molecule has 0 aromatic heterocycles. The molecule has 178 valence electrons. The number of hydrogen-bond donors (Lipinski definition) is 1. The van der Waals surface area contributed by atoms with Gasteiger partial charge in [-0.05, 0) is 68.0 Å². The van der Waals surface area contributed by atoms with E-state index in [0.717, 1.165) is 27.8 Å². The van der Waals surface area contributed by atoms with E-state index in [2.05, 4.69) is 31.3 Å². The predicted octanol–water partition coefficient (Wildman–Crippen LogP) is 5.32. The standard InChI is InChI=1S/C30H36N2O2/c1-21(2)31-30(34)28(18-25-12-7-6-8-13-25)32(20-27-14-10-9-11-23(27)4)29(33)19-26-16-15-22(3)24(5)17-26/h6-17,21,28H,18-20H2,1-5H3,(H,31,34). The normalized spacial score (nSPS) is 11.8. The number of nitrogens with zero attached hydrogens (tertiary/aromatic N) is 1. The fourth-order valence-corrected chi connectivity index (χ4v) is 4.10. The Labute approximate surface area is 204 Å². The Morgan fingerprint density at radius 1 is 0.794 bits per heavy atom. The maximum atomic E-state index is 13.8. The Hall–Kier alpha value is -3.40. The van der Waals surface area contributed by atoms with Crippen LogP contribution in [-0.4, -0.2) is 28.8 Å². The Bertz CT molecular complexity index is 1120. The van der Waals surface area contributed by atoms with Crippen LogP contribution in [0, 0.1) is 20.8 Å². The summed E-state index contributed by atoms with van der Waals surface area (Å²) in [6.45, 7) is 10.4. The predicted molar refractivity (Wildman–Crippen MR) is 139 cm³/mol. The average molecular weight is 457 g/mol. The Morgan fingerprint density at radius 2 is 1.47 bits per heavy atom. The minimum Gasteiger partial charge on any atom is -0.352 e. The second-order valence-electron chi connectivity index (χ2n) is 9.41. The zero-order valence-electron chi connectivity index (χ0n) is 21.0. The van der Waals surface area contributed by atoms with Crippen LogP contribution >= 0.6 is 0 Å². The van der Waals surface area contributed by atoms with Crippen molar-refractivity contribution in [1.82, 2.24) is 10.2 Å². The van der Waals surface area contributed by atoms with E-state index < -0.39 is 6.04 Å². The molecule has 4 heteroatoms. The average Bonchev–Trinajstić information content (AvgIpc) is 2.80. The molecule has 0 spiro atoms. The van der Waals surface area contributed by atoms with Gasteiger partial charge in [-0.15, -0.1) is 0 Å². The van der Waals surface area contributed by atoms with Gasteiger partial charge in [0.25, 0.3) is 0 Å². The topological polar surface area (TPSA) is 49.4 Å². The monoisotopic (exact) mass is 456 g/mol. The first-order chi connectivity index (χ1) is 16.2. The number of benzene rings is 3. The van der Waals surface area contributed by atoms with E-state index in [1.54, 1.807) is 4.90 Å². The second kappa shape index (κ2) is 11.6. The summed E-state index contributed by atoms with van der Waals surface area (Å²) in [5.74, 6) is -0.174. The third-order valence-electron chi connectivity index (χ3n) is 6.23. The van der Waals surface area contributed by atoms with Crippen LogP contribution in [-0.2, 0) is 29.0 Å². The van der Waals surface area contributed by atoms with Crippen molar-refractivity contribution in [2.45, 2.75) is 66.1 Å². The van der Waals surface area contributed by atoms with Crippen molar-refractivity contribution in [3.05, 3.63) is 106 Å². The summed E-state index contributed by atoms with van der Waals surface area (Å²) in [5, 5.41) is 3.05. The zero-order valence-corrected chi connectivity index (χ0v) is 21.0. The van der Waals surface area contributed by atoms with E-state index in [9.17, 15) is 9.59 Å². The van der Waals surface area contributed by atoms with Crippen LogP contribution in [0.15, 0.2) is 72.8 Å². The summed E-state index contributed by atoms with van der Waals surface area (Å²) in [4.78, 5) is 29.0. The molecule has 0 aliphatic carbocycles. The molecule has 2 amide bonds. The highest BCUT2D eigenvalue weighted by Crippen LogP contribution is 2.19. The molecule has 0 heterocycles. The van der Waals surface area contributed by atoms with Gasteiger partial charge in [-0.25, -0.2) is 0 Å². The molecule has 3 aromatic rings. The van der Waals surface area contributed by atoms with E-state index in [1.807, 2.05) is 81.4 Å². The summed E-state index contributed by atoms with van der Waals surface area (Å²) >= 11 is 0. The van der Waals surface area contributed by atoms with Crippen LogP contribution in [0.5, 0.6) is 0 Å². The number of carbonyl (C=O) groups excluding carboxylic acids is 2. The van der Waals surface area contributed by atoms with Crippen molar-refractivity contribution in [3.8, 4) is 0 Å². The van der Waals surface area contributed by atoms with Crippen molar-refractivity contribution in [2.24, 2.45) is 0 Å². The first-order valence-electron chi connectivity index (χ1n) is 12.0. The van der Waals surface area contributed by atoms with Gasteiger partial charge in [-0.3, -0.25) is 9.59 Å². The third kappa shape index (κ3) is 6.80. The van der Waals surface area contributed by atoms with Gasteiger partial charge < -0.3 is 10.2 Å². The van der Waals surface area contributed by atoms with Gasteiger partial charge in [0.2, 0.25) is 11.8 Å². The van der Waals surface area contributed by atoms with E-state index in [4.69, 9.17) is 0 Å². The molecule has 0 radical (unpaired) electrons. The SMILES string of the molecule is Cc1ccc(CC(=O)N(Cc2ccccc2C)C(Cc2ccccc2)C(=O)NC(C)C)cc1C. The lowest BCUT2D eigenvalue weighted by molar-refractivity contribution is -0.141. The summed E-state index contributed by atoms with van der Waals surface area (Å²) in [6, 6.07) is 23.5. The fraction of sp³-hybridized carbons (Fsp3) is 0.333. The van der Waals surface area contributed by atoms with Gasteiger partial charge in [0.15, 0.2) is 0 Å². The molecule has 4 nitrogen and oxygen atoms in total. The quantitative estimate of drug-likeness (QED) is 0.474. The van der Waals surface area contributed by atoms with Crippen molar-refractivity contribution >= 4 is 11.8 Å².